The maximum atomic E-state index is 13.2. The van der Waals surface area contributed by atoms with Crippen molar-refractivity contribution in [2.24, 2.45) is 0 Å². The molecule has 1 amide bonds. The third-order valence-electron chi connectivity index (χ3n) is 6.54. The number of carbonyl (C=O) groups is 1. The summed E-state index contributed by atoms with van der Waals surface area (Å²) >= 11 is 0. The molecule has 1 saturated heterocycles. The van der Waals surface area contributed by atoms with Crippen LogP contribution in [0.3, 0.4) is 0 Å². The molecule has 0 spiro atoms. The van der Waals surface area contributed by atoms with E-state index in [9.17, 15) is 4.79 Å². The fourth-order valence-electron chi connectivity index (χ4n) is 4.98. The van der Waals surface area contributed by atoms with Crippen LogP contribution in [-0.4, -0.2) is 24.1 Å². The van der Waals surface area contributed by atoms with E-state index in [1.54, 1.807) is 0 Å². The monoisotopic (exact) mass is 407 g/mol. The standard InChI is InChI=1S/C28H25NO2/c1-2-20-14-16-21(17-15-20)27-13-7-8-18-29(27)28(30)31-19-26-24-11-5-3-9-22(24)23-10-4-6-12-25(23)26/h1,3-6,9-12,14-17,26-27H,7-8,13,18-19H2. The summed E-state index contributed by atoms with van der Waals surface area (Å²) in [5.74, 6) is 2.73. The smallest absolute Gasteiger partial charge is 0.410 e. The average Bonchev–Trinajstić information content (AvgIpc) is 3.16. The van der Waals surface area contributed by atoms with Crippen LogP contribution in [0.25, 0.3) is 11.1 Å². The Hall–Kier alpha value is -3.51. The highest BCUT2D eigenvalue weighted by Crippen LogP contribution is 2.44. The molecule has 0 bridgehead atoms. The van der Waals surface area contributed by atoms with Gasteiger partial charge in [-0.1, -0.05) is 66.6 Å². The fraction of sp³-hybridized carbons (Fsp3) is 0.250. The van der Waals surface area contributed by atoms with Crippen LogP contribution in [0.15, 0.2) is 72.8 Å². The van der Waals surface area contributed by atoms with Crippen molar-refractivity contribution >= 4 is 6.09 Å². The van der Waals surface area contributed by atoms with Gasteiger partial charge in [-0.25, -0.2) is 4.79 Å². The molecule has 1 heterocycles. The Morgan fingerprint density at radius 3 is 2.23 bits per heavy atom. The highest BCUT2D eigenvalue weighted by molar-refractivity contribution is 5.79. The molecule has 0 aromatic heterocycles. The summed E-state index contributed by atoms with van der Waals surface area (Å²) in [5.41, 5.74) is 6.92. The summed E-state index contributed by atoms with van der Waals surface area (Å²) in [6.07, 6.45) is 8.31. The van der Waals surface area contributed by atoms with Gasteiger partial charge in [0, 0.05) is 18.0 Å². The van der Waals surface area contributed by atoms with Crippen molar-refractivity contribution < 1.29 is 9.53 Å². The maximum absolute atomic E-state index is 13.2. The number of piperidine rings is 1. The highest BCUT2D eigenvalue weighted by Gasteiger charge is 2.32. The van der Waals surface area contributed by atoms with Crippen molar-refractivity contribution in [3.63, 3.8) is 0 Å². The lowest BCUT2D eigenvalue weighted by Gasteiger charge is -2.35. The van der Waals surface area contributed by atoms with Gasteiger partial charge in [-0.05, 0) is 59.2 Å². The van der Waals surface area contributed by atoms with Gasteiger partial charge in [-0.15, -0.1) is 6.42 Å². The van der Waals surface area contributed by atoms with Crippen LogP contribution in [0.4, 0.5) is 4.79 Å². The third kappa shape index (κ3) is 3.59. The van der Waals surface area contributed by atoms with E-state index in [0.29, 0.717) is 6.61 Å². The molecular formula is C28H25NO2. The second kappa shape index (κ2) is 8.32. The van der Waals surface area contributed by atoms with E-state index >= 15 is 0 Å². The molecule has 5 rings (SSSR count). The second-order valence-electron chi connectivity index (χ2n) is 8.28. The molecule has 3 aromatic rings. The average molecular weight is 408 g/mol. The highest BCUT2D eigenvalue weighted by atomic mass is 16.6. The first kappa shape index (κ1) is 19.5. The number of carbonyl (C=O) groups excluding carboxylic acids is 1. The van der Waals surface area contributed by atoms with E-state index in [1.165, 1.54) is 22.3 Å². The van der Waals surface area contributed by atoms with Crippen molar-refractivity contribution in [2.45, 2.75) is 31.2 Å². The first-order valence-corrected chi connectivity index (χ1v) is 10.9. The van der Waals surface area contributed by atoms with Crippen molar-refractivity contribution in [2.75, 3.05) is 13.2 Å². The summed E-state index contributed by atoms with van der Waals surface area (Å²) in [6.45, 7) is 1.07. The number of benzene rings is 3. The van der Waals surface area contributed by atoms with Gasteiger partial charge < -0.3 is 9.64 Å². The lowest BCUT2D eigenvalue weighted by Crippen LogP contribution is -2.39. The molecule has 1 aliphatic carbocycles. The van der Waals surface area contributed by atoms with E-state index in [1.807, 2.05) is 29.2 Å². The first-order valence-electron chi connectivity index (χ1n) is 10.9. The Morgan fingerprint density at radius 2 is 1.58 bits per heavy atom. The summed E-state index contributed by atoms with van der Waals surface area (Å²) < 4.78 is 5.93. The van der Waals surface area contributed by atoms with Crippen LogP contribution >= 0.6 is 0 Å². The van der Waals surface area contributed by atoms with Gasteiger partial charge in [-0.3, -0.25) is 0 Å². The molecule has 0 N–H and O–H groups in total. The quantitative estimate of drug-likeness (QED) is 0.488. The normalized spacial score (nSPS) is 17.5. The predicted octanol–water partition coefficient (Wildman–Crippen LogP) is 6.14. The Morgan fingerprint density at radius 1 is 0.935 bits per heavy atom. The number of hydrogen-bond donors (Lipinski definition) is 0. The van der Waals surface area contributed by atoms with Gasteiger partial charge in [0.25, 0.3) is 0 Å². The molecule has 1 aliphatic heterocycles. The van der Waals surface area contributed by atoms with Crippen molar-refractivity contribution in [3.05, 3.63) is 95.1 Å². The van der Waals surface area contributed by atoms with Crippen LogP contribution < -0.4 is 0 Å². The number of fused-ring (bicyclic) bond motifs is 3. The lowest BCUT2D eigenvalue weighted by atomic mass is 9.95. The Balaban J connectivity index is 1.34. The Labute approximate surface area is 183 Å². The fourth-order valence-corrected chi connectivity index (χ4v) is 4.98. The summed E-state index contributed by atoms with van der Waals surface area (Å²) in [7, 11) is 0. The lowest BCUT2D eigenvalue weighted by molar-refractivity contribution is 0.0710. The van der Waals surface area contributed by atoms with Crippen LogP contribution in [0.1, 0.15) is 53.5 Å². The van der Waals surface area contributed by atoms with Gasteiger partial charge in [-0.2, -0.15) is 0 Å². The molecule has 2 aliphatic rings. The largest absolute Gasteiger partial charge is 0.448 e. The minimum absolute atomic E-state index is 0.0382. The zero-order chi connectivity index (χ0) is 21.2. The molecule has 1 unspecified atom stereocenters. The van der Waals surface area contributed by atoms with E-state index in [0.717, 1.165) is 36.9 Å². The third-order valence-corrected chi connectivity index (χ3v) is 6.54. The summed E-state index contributed by atoms with van der Waals surface area (Å²) in [6, 6.07) is 24.8. The van der Waals surface area contributed by atoms with Gasteiger partial charge in [0.1, 0.15) is 6.61 Å². The zero-order valence-electron chi connectivity index (χ0n) is 17.5. The number of terminal acetylenes is 1. The molecule has 0 saturated carbocycles. The van der Waals surface area contributed by atoms with Crippen molar-refractivity contribution in [1.82, 2.24) is 4.90 Å². The Kier molecular flexibility index (Phi) is 5.22. The molecule has 1 fully saturated rings. The summed E-state index contributed by atoms with van der Waals surface area (Å²) in [5, 5.41) is 0. The maximum Gasteiger partial charge on any atom is 0.410 e. The summed E-state index contributed by atoms with van der Waals surface area (Å²) in [4.78, 5) is 15.0. The number of likely N-dealkylation sites (tertiary alicyclic amines) is 1. The Bertz CT molecular complexity index is 1100. The van der Waals surface area contributed by atoms with Gasteiger partial charge in [0.05, 0.1) is 6.04 Å². The van der Waals surface area contributed by atoms with Crippen molar-refractivity contribution in [1.29, 1.82) is 0 Å². The molecule has 1 atom stereocenters. The van der Waals surface area contributed by atoms with Crippen LogP contribution in [0, 0.1) is 12.3 Å². The van der Waals surface area contributed by atoms with Crippen molar-refractivity contribution in [3.8, 4) is 23.5 Å². The minimum atomic E-state index is -0.229. The van der Waals surface area contributed by atoms with E-state index < -0.39 is 0 Å². The first-order chi connectivity index (χ1) is 15.3. The van der Waals surface area contributed by atoms with Crippen LogP contribution in [-0.2, 0) is 4.74 Å². The zero-order valence-corrected chi connectivity index (χ0v) is 17.5. The van der Waals surface area contributed by atoms with E-state index in [4.69, 9.17) is 11.2 Å². The number of amides is 1. The molecule has 3 nitrogen and oxygen atoms in total. The van der Waals surface area contributed by atoms with E-state index in [2.05, 4.69) is 54.5 Å². The van der Waals surface area contributed by atoms with E-state index in [-0.39, 0.29) is 18.1 Å². The molecule has 0 radical (unpaired) electrons. The number of ether oxygens (including phenoxy) is 1. The van der Waals surface area contributed by atoms with Crippen LogP contribution in [0.2, 0.25) is 0 Å². The topological polar surface area (TPSA) is 29.5 Å². The number of hydrogen-bond acceptors (Lipinski definition) is 2. The van der Waals surface area contributed by atoms with Gasteiger partial charge in [0.15, 0.2) is 0 Å². The SMILES string of the molecule is C#Cc1ccc(C2CCCCN2C(=O)OCC2c3ccccc3-c3ccccc32)cc1. The molecule has 3 heteroatoms. The van der Waals surface area contributed by atoms with Gasteiger partial charge >= 0.3 is 6.09 Å². The molecule has 3 aromatic carbocycles. The van der Waals surface area contributed by atoms with Crippen LogP contribution in [0.5, 0.6) is 0 Å². The molecule has 31 heavy (non-hydrogen) atoms. The molecular weight excluding hydrogens is 382 g/mol. The predicted molar refractivity (Wildman–Crippen MR) is 123 cm³/mol. The number of nitrogens with zero attached hydrogens (tertiary/aromatic N) is 1. The van der Waals surface area contributed by atoms with Gasteiger partial charge in [0.2, 0.25) is 0 Å². The molecule has 154 valence electrons. The second-order valence-corrected chi connectivity index (χ2v) is 8.28. The number of rotatable bonds is 3. The minimum Gasteiger partial charge on any atom is -0.448 e.